The molecule has 2 amide bonds. The molecule has 2 atom stereocenters. The summed E-state index contributed by atoms with van der Waals surface area (Å²) >= 11 is 0. The summed E-state index contributed by atoms with van der Waals surface area (Å²) < 4.78 is 9.91. The molecule has 2 N–H and O–H groups in total. The Bertz CT molecular complexity index is 284. The number of aliphatic carboxylic acids is 1. The average Bonchev–Trinajstić information content (AvgIpc) is 2.73. The average molecular weight is 246 g/mol. The molecule has 1 aliphatic rings. The number of hydrogen-bond donors (Lipinski definition) is 2. The van der Waals surface area contributed by atoms with Gasteiger partial charge in [0.25, 0.3) is 0 Å². The molecule has 0 radical (unpaired) electrons. The van der Waals surface area contributed by atoms with E-state index in [1.807, 2.05) is 0 Å². The number of carboxylic acids is 1. The summed E-state index contributed by atoms with van der Waals surface area (Å²) in [5.74, 6) is -1.62. The van der Waals surface area contributed by atoms with Crippen molar-refractivity contribution in [2.45, 2.75) is 6.04 Å². The van der Waals surface area contributed by atoms with Crippen molar-refractivity contribution < 1.29 is 24.2 Å². The molecule has 1 aliphatic heterocycles. The molecule has 0 aromatic rings. The SMILES string of the molecule is COCCN(C)C(=O)NC1COCC1C(=O)O. The second-order valence-corrected chi connectivity index (χ2v) is 3.95. The molecule has 98 valence electrons. The van der Waals surface area contributed by atoms with E-state index in [0.717, 1.165) is 0 Å². The van der Waals surface area contributed by atoms with E-state index in [-0.39, 0.29) is 19.2 Å². The summed E-state index contributed by atoms with van der Waals surface area (Å²) in [6.45, 7) is 1.27. The van der Waals surface area contributed by atoms with Crippen LogP contribution in [0, 0.1) is 5.92 Å². The Balaban J connectivity index is 2.42. The highest BCUT2D eigenvalue weighted by Crippen LogP contribution is 2.13. The highest BCUT2D eigenvalue weighted by Gasteiger charge is 2.35. The quantitative estimate of drug-likeness (QED) is 0.674. The van der Waals surface area contributed by atoms with Crippen molar-refractivity contribution >= 4 is 12.0 Å². The van der Waals surface area contributed by atoms with Gasteiger partial charge < -0.3 is 24.8 Å². The fourth-order valence-electron chi connectivity index (χ4n) is 1.54. The van der Waals surface area contributed by atoms with Crippen LogP contribution < -0.4 is 5.32 Å². The Hall–Kier alpha value is -1.34. The molecule has 1 rings (SSSR count). The lowest BCUT2D eigenvalue weighted by atomic mass is 10.0. The van der Waals surface area contributed by atoms with Gasteiger partial charge in [0.2, 0.25) is 0 Å². The van der Waals surface area contributed by atoms with Gasteiger partial charge in [0.1, 0.15) is 5.92 Å². The Morgan fingerprint density at radius 2 is 2.24 bits per heavy atom. The van der Waals surface area contributed by atoms with Gasteiger partial charge in [-0.15, -0.1) is 0 Å². The fraction of sp³-hybridized carbons (Fsp3) is 0.800. The number of carbonyl (C=O) groups excluding carboxylic acids is 1. The third kappa shape index (κ3) is 3.86. The summed E-state index contributed by atoms with van der Waals surface area (Å²) in [5.41, 5.74) is 0. The third-order valence-corrected chi connectivity index (χ3v) is 2.68. The number of rotatable bonds is 5. The monoisotopic (exact) mass is 246 g/mol. The number of nitrogens with zero attached hydrogens (tertiary/aromatic N) is 1. The van der Waals surface area contributed by atoms with Gasteiger partial charge in [0, 0.05) is 20.7 Å². The zero-order valence-corrected chi connectivity index (χ0v) is 10.0. The molecule has 2 unspecified atom stereocenters. The molecular formula is C10H18N2O5. The summed E-state index contributed by atoms with van der Waals surface area (Å²) in [5, 5.41) is 11.6. The zero-order valence-electron chi connectivity index (χ0n) is 10.0. The van der Waals surface area contributed by atoms with Crippen molar-refractivity contribution in [3.8, 4) is 0 Å². The first kappa shape index (κ1) is 13.7. The van der Waals surface area contributed by atoms with Crippen LogP contribution >= 0.6 is 0 Å². The second-order valence-electron chi connectivity index (χ2n) is 3.95. The largest absolute Gasteiger partial charge is 0.481 e. The molecule has 7 nitrogen and oxygen atoms in total. The van der Waals surface area contributed by atoms with Crippen LogP contribution in [0.3, 0.4) is 0 Å². The Kier molecular flexibility index (Phi) is 5.17. The molecule has 1 saturated heterocycles. The Morgan fingerprint density at radius 3 is 2.82 bits per heavy atom. The lowest BCUT2D eigenvalue weighted by molar-refractivity contribution is -0.142. The van der Waals surface area contributed by atoms with Gasteiger partial charge in [0.05, 0.1) is 25.9 Å². The molecule has 0 aromatic carbocycles. The van der Waals surface area contributed by atoms with Gasteiger partial charge in [-0.3, -0.25) is 4.79 Å². The highest BCUT2D eigenvalue weighted by molar-refractivity contribution is 5.77. The van der Waals surface area contributed by atoms with Crippen molar-refractivity contribution in [3.05, 3.63) is 0 Å². The fourth-order valence-corrected chi connectivity index (χ4v) is 1.54. The van der Waals surface area contributed by atoms with Gasteiger partial charge in [0.15, 0.2) is 0 Å². The number of methoxy groups -OCH3 is 1. The summed E-state index contributed by atoms with van der Waals surface area (Å²) in [6.07, 6.45) is 0. The Labute approximate surface area is 99.7 Å². The smallest absolute Gasteiger partial charge is 0.317 e. The summed E-state index contributed by atoms with van der Waals surface area (Å²) in [7, 11) is 3.18. The predicted octanol–water partition coefficient (Wildman–Crippen LogP) is -0.626. The molecule has 0 saturated carbocycles. The van der Waals surface area contributed by atoms with Gasteiger partial charge in [-0.1, -0.05) is 0 Å². The van der Waals surface area contributed by atoms with Gasteiger partial charge >= 0.3 is 12.0 Å². The number of urea groups is 1. The van der Waals surface area contributed by atoms with Crippen molar-refractivity contribution in [2.75, 3.05) is 40.5 Å². The molecular weight excluding hydrogens is 228 g/mol. The predicted molar refractivity (Wildman–Crippen MR) is 58.8 cm³/mol. The molecule has 7 heteroatoms. The molecule has 0 aromatic heterocycles. The molecule has 0 aliphatic carbocycles. The van der Waals surface area contributed by atoms with E-state index < -0.39 is 17.9 Å². The van der Waals surface area contributed by atoms with Crippen LogP contribution in [0.4, 0.5) is 4.79 Å². The first-order valence-electron chi connectivity index (χ1n) is 5.37. The summed E-state index contributed by atoms with van der Waals surface area (Å²) in [6, 6.07) is -0.784. The van der Waals surface area contributed by atoms with E-state index in [9.17, 15) is 9.59 Å². The van der Waals surface area contributed by atoms with E-state index in [2.05, 4.69) is 5.32 Å². The van der Waals surface area contributed by atoms with Gasteiger partial charge in [-0.2, -0.15) is 0 Å². The van der Waals surface area contributed by atoms with Crippen LogP contribution in [0.5, 0.6) is 0 Å². The van der Waals surface area contributed by atoms with Crippen LogP contribution in [-0.4, -0.2) is 68.6 Å². The van der Waals surface area contributed by atoms with Crippen LogP contribution in [-0.2, 0) is 14.3 Å². The van der Waals surface area contributed by atoms with Crippen molar-refractivity contribution in [1.82, 2.24) is 10.2 Å². The molecule has 0 spiro atoms. The van der Waals surface area contributed by atoms with E-state index in [0.29, 0.717) is 13.2 Å². The minimum atomic E-state index is -0.952. The maximum Gasteiger partial charge on any atom is 0.317 e. The number of nitrogens with one attached hydrogen (secondary N) is 1. The lowest BCUT2D eigenvalue weighted by Crippen LogP contribution is -2.48. The van der Waals surface area contributed by atoms with Gasteiger partial charge in [-0.05, 0) is 0 Å². The van der Waals surface area contributed by atoms with E-state index in [1.165, 1.54) is 4.90 Å². The minimum absolute atomic E-state index is 0.141. The van der Waals surface area contributed by atoms with E-state index in [4.69, 9.17) is 14.6 Å². The van der Waals surface area contributed by atoms with Crippen molar-refractivity contribution in [2.24, 2.45) is 5.92 Å². The lowest BCUT2D eigenvalue weighted by Gasteiger charge is -2.21. The summed E-state index contributed by atoms with van der Waals surface area (Å²) in [4.78, 5) is 24.0. The van der Waals surface area contributed by atoms with E-state index >= 15 is 0 Å². The molecule has 17 heavy (non-hydrogen) atoms. The molecule has 0 bridgehead atoms. The number of carboxylic acid groups (broad SMARTS) is 1. The molecule has 1 fully saturated rings. The standard InChI is InChI=1S/C10H18N2O5/c1-12(3-4-16-2)10(15)11-8-6-17-5-7(8)9(13)14/h7-8H,3-6H2,1-2H3,(H,11,15)(H,13,14). The van der Waals surface area contributed by atoms with Crippen LogP contribution in [0.25, 0.3) is 0 Å². The maximum absolute atomic E-state index is 11.7. The van der Waals surface area contributed by atoms with Crippen LogP contribution in [0.15, 0.2) is 0 Å². The second kappa shape index (κ2) is 6.41. The zero-order chi connectivity index (χ0) is 12.8. The number of carbonyl (C=O) groups is 2. The van der Waals surface area contributed by atoms with E-state index in [1.54, 1.807) is 14.2 Å². The number of hydrogen-bond acceptors (Lipinski definition) is 4. The highest BCUT2D eigenvalue weighted by atomic mass is 16.5. The number of ether oxygens (including phenoxy) is 2. The maximum atomic E-state index is 11.7. The first-order valence-corrected chi connectivity index (χ1v) is 5.37. The third-order valence-electron chi connectivity index (χ3n) is 2.68. The number of amides is 2. The number of likely N-dealkylation sites (N-methyl/N-ethyl adjacent to an activating group) is 1. The van der Waals surface area contributed by atoms with Gasteiger partial charge in [-0.25, -0.2) is 4.79 Å². The van der Waals surface area contributed by atoms with Crippen LogP contribution in [0.1, 0.15) is 0 Å². The minimum Gasteiger partial charge on any atom is -0.481 e. The van der Waals surface area contributed by atoms with Crippen molar-refractivity contribution in [1.29, 1.82) is 0 Å². The Morgan fingerprint density at radius 1 is 1.53 bits per heavy atom. The van der Waals surface area contributed by atoms with Crippen LogP contribution in [0.2, 0.25) is 0 Å². The topological polar surface area (TPSA) is 88.1 Å². The van der Waals surface area contributed by atoms with Crippen molar-refractivity contribution in [3.63, 3.8) is 0 Å². The first-order chi connectivity index (χ1) is 8.06. The molecule has 1 heterocycles. The normalized spacial score (nSPS) is 23.4.